The van der Waals surface area contributed by atoms with Crippen molar-refractivity contribution in [3.63, 3.8) is 0 Å². The van der Waals surface area contributed by atoms with E-state index in [0.29, 0.717) is 0 Å². The molecule has 10 rings (SSSR count). The maximum absolute atomic E-state index is 5.11. The van der Waals surface area contributed by atoms with Crippen molar-refractivity contribution in [2.75, 3.05) is 0 Å². The van der Waals surface area contributed by atoms with Gasteiger partial charge in [0.15, 0.2) is 5.82 Å². The van der Waals surface area contributed by atoms with Gasteiger partial charge < -0.3 is 9.13 Å². The Morgan fingerprint density at radius 1 is 0.475 bits per heavy atom. The van der Waals surface area contributed by atoms with Crippen LogP contribution in [0.5, 0.6) is 0 Å². The van der Waals surface area contributed by atoms with Gasteiger partial charge >= 0.3 is 0 Å². The van der Waals surface area contributed by atoms with Crippen molar-refractivity contribution in [2.24, 2.45) is 0 Å². The molecule has 10 aromatic rings. The van der Waals surface area contributed by atoms with Crippen molar-refractivity contribution < 1.29 is 0 Å². The normalized spacial score (nSPS) is 12.3. The van der Waals surface area contributed by atoms with Crippen LogP contribution in [0.3, 0.4) is 0 Å². The molecule has 0 aliphatic rings. The van der Waals surface area contributed by atoms with Gasteiger partial charge in [0.25, 0.3) is 0 Å². The van der Waals surface area contributed by atoms with E-state index in [1.165, 1.54) is 60.6 Å². The molecule has 3 aromatic heterocycles. The minimum absolute atomic E-state index is 0.720. The molecule has 0 bridgehead atoms. The highest BCUT2D eigenvalue weighted by molar-refractivity contribution is 6.09. The predicted molar refractivity (Wildman–Crippen MR) is 258 cm³/mol. The summed E-state index contributed by atoms with van der Waals surface area (Å²) in [5.41, 5.74) is 18.0. The van der Waals surface area contributed by atoms with Crippen LogP contribution in [-0.2, 0) is 0 Å². The molecule has 0 fully saturated rings. The molecule has 0 saturated heterocycles. The average molecular weight is 787 g/mol. The Morgan fingerprint density at radius 2 is 0.984 bits per heavy atom. The summed E-state index contributed by atoms with van der Waals surface area (Å²) in [5, 5.41) is 6.00. The van der Waals surface area contributed by atoms with Crippen molar-refractivity contribution in [1.82, 2.24) is 19.1 Å². The Morgan fingerprint density at radius 3 is 1.54 bits per heavy atom. The van der Waals surface area contributed by atoms with Gasteiger partial charge in [-0.3, -0.25) is 0 Å². The molecule has 4 heteroatoms. The zero-order valence-electron chi connectivity index (χ0n) is 35.2. The third-order valence-electron chi connectivity index (χ3n) is 12.1. The molecular weight excluding hydrogens is 741 g/mol. The van der Waals surface area contributed by atoms with E-state index in [0.717, 1.165) is 61.4 Å². The van der Waals surface area contributed by atoms with Crippen LogP contribution in [0.4, 0.5) is 0 Å². The second kappa shape index (κ2) is 15.2. The van der Waals surface area contributed by atoms with Crippen molar-refractivity contribution in [3.8, 4) is 56.4 Å². The maximum Gasteiger partial charge on any atom is 0.160 e. The van der Waals surface area contributed by atoms with Crippen LogP contribution >= 0.6 is 0 Å². The number of para-hydroxylation sites is 2. The van der Waals surface area contributed by atoms with Gasteiger partial charge in [-0.2, -0.15) is 0 Å². The third-order valence-corrected chi connectivity index (χ3v) is 12.1. The first-order valence-corrected chi connectivity index (χ1v) is 21.0. The summed E-state index contributed by atoms with van der Waals surface area (Å²) >= 11 is 0. The number of hydrogen-bond acceptors (Lipinski definition) is 2. The third kappa shape index (κ3) is 6.58. The molecule has 0 spiro atoms. The Kier molecular flexibility index (Phi) is 9.41. The van der Waals surface area contributed by atoms with E-state index in [1.54, 1.807) is 0 Å². The van der Waals surface area contributed by atoms with Crippen LogP contribution in [0.2, 0.25) is 0 Å². The molecule has 0 unspecified atom stereocenters. The van der Waals surface area contributed by atoms with Crippen molar-refractivity contribution in [3.05, 3.63) is 203 Å². The molecule has 61 heavy (non-hydrogen) atoms. The van der Waals surface area contributed by atoms with Gasteiger partial charge in [-0.1, -0.05) is 145 Å². The summed E-state index contributed by atoms with van der Waals surface area (Å²) in [4.78, 5) is 10.1. The standard InChI is InChI=1S/C57H46N4/c1-7-13-46-49-34-44(60-53-16-11-9-14-47(53)48-15-10-12-17-54(48)60)30-31-55(49)61(52(46)8-2)45-32-38(5)56(39(6)33-45)42-28-26-41(27-29-42)51-35-50(40-22-18-36(3)19-23-40)58-57(59-51)43-24-20-37(4)21-25-43/h7-35H,1H2,2-6H3/b46-13-,52-8+. The van der Waals surface area contributed by atoms with E-state index in [-0.39, 0.29) is 0 Å². The zero-order chi connectivity index (χ0) is 41.8. The van der Waals surface area contributed by atoms with Gasteiger partial charge in [0.2, 0.25) is 0 Å². The van der Waals surface area contributed by atoms with Crippen molar-refractivity contribution in [1.29, 1.82) is 0 Å². The molecule has 7 aromatic carbocycles. The fourth-order valence-electron chi connectivity index (χ4n) is 9.15. The first-order chi connectivity index (χ1) is 29.8. The first kappa shape index (κ1) is 37.7. The summed E-state index contributed by atoms with van der Waals surface area (Å²) in [6, 6.07) is 56.8. The number of aromatic nitrogens is 4. The second-order valence-corrected chi connectivity index (χ2v) is 16.1. The number of hydrogen-bond donors (Lipinski definition) is 0. The van der Waals surface area contributed by atoms with Crippen LogP contribution in [0, 0.1) is 27.7 Å². The maximum atomic E-state index is 5.11. The fraction of sp³-hybridized carbons (Fsp3) is 0.0877. The van der Waals surface area contributed by atoms with Crippen LogP contribution in [0.25, 0.3) is 101 Å². The lowest BCUT2D eigenvalue weighted by atomic mass is 9.94. The summed E-state index contributed by atoms with van der Waals surface area (Å²) in [6.07, 6.45) is 6.26. The highest BCUT2D eigenvalue weighted by Crippen LogP contribution is 2.35. The van der Waals surface area contributed by atoms with Gasteiger partial charge in [0, 0.05) is 54.8 Å². The Balaban J connectivity index is 1.05. The molecule has 4 nitrogen and oxygen atoms in total. The van der Waals surface area contributed by atoms with Crippen LogP contribution < -0.4 is 10.6 Å². The summed E-state index contributed by atoms with van der Waals surface area (Å²) < 4.78 is 4.79. The number of benzene rings is 7. The molecule has 0 N–H and O–H groups in total. The molecule has 0 saturated carbocycles. The van der Waals surface area contributed by atoms with Crippen molar-refractivity contribution >= 4 is 44.9 Å². The van der Waals surface area contributed by atoms with E-state index < -0.39 is 0 Å². The minimum atomic E-state index is 0.720. The van der Waals surface area contributed by atoms with Crippen LogP contribution in [0.1, 0.15) is 29.2 Å². The van der Waals surface area contributed by atoms with E-state index in [2.05, 4.69) is 220 Å². The summed E-state index contributed by atoms with van der Waals surface area (Å²) in [6.45, 7) is 14.9. The second-order valence-electron chi connectivity index (χ2n) is 16.1. The van der Waals surface area contributed by atoms with Gasteiger partial charge in [-0.15, -0.1) is 0 Å². The quantitative estimate of drug-likeness (QED) is 0.161. The summed E-state index contributed by atoms with van der Waals surface area (Å²) in [5.74, 6) is 0.720. The van der Waals surface area contributed by atoms with Gasteiger partial charge in [-0.25, -0.2) is 9.97 Å². The zero-order valence-corrected chi connectivity index (χ0v) is 35.2. The molecule has 0 aliphatic carbocycles. The lowest BCUT2D eigenvalue weighted by Crippen LogP contribution is -2.28. The van der Waals surface area contributed by atoms with Crippen molar-refractivity contribution in [2.45, 2.75) is 34.6 Å². The van der Waals surface area contributed by atoms with Gasteiger partial charge in [0.05, 0.1) is 27.9 Å². The van der Waals surface area contributed by atoms with Gasteiger partial charge in [0.1, 0.15) is 0 Å². The smallest absolute Gasteiger partial charge is 0.160 e. The fourth-order valence-corrected chi connectivity index (χ4v) is 9.15. The first-order valence-electron chi connectivity index (χ1n) is 21.0. The molecule has 3 heterocycles. The molecule has 294 valence electrons. The molecular formula is C57H46N4. The monoisotopic (exact) mass is 786 g/mol. The van der Waals surface area contributed by atoms with Gasteiger partial charge in [-0.05, 0) is 105 Å². The number of rotatable bonds is 7. The Bertz CT molecular complexity index is 3310. The number of nitrogens with zero attached hydrogens (tertiary/aromatic N) is 4. The van der Waals surface area contributed by atoms with Crippen LogP contribution in [0.15, 0.2) is 170 Å². The molecule has 0 aliphatic heterocycles. The molecule has 0 radical (unpaired) electrons. The lowest BCUT2D eigenvalue weighted by molar-refractivity contribution is 1.06. The predicted octanol–water partition coefficient (Wildman–Crippen LogP) is 13.2. The molecule has 0 atom stereocenters. The summed E-state index contributed by atoms with van der Waals surface area (Å²) in [7, 11) is 0. The SMILES string of the molecule is C=C/C=c1\c(=C/C)n(-c2cc(C)c(-c3ccc(-c4cc(-c5ccc(C)cc5)nc(-c5ccc(C)cc5)n4)cc3)c(C)c2)c2ccc(-n3c4ccccc4c4ccccc43)cc12. The Hall–Kier alpha value is -7.56. The topological polar surface area (TPSA) is 35.6 Å². The minimum Gasteiger partial charge on any atom is -0.310 e. The highest BCUT2D eigenvalue weighted by atomic mass is 15.0. The lowest BCUT2D eigenvalue weighted by Gasteiger charge is -2.16. The average Bonchev–Trinajstić information content (AvgIpc) is 3.79. The molecule has 0 amide bonds. The number of fused-ring (bicyclic) bond motifs is 4. The van der Waals surface area contributed by atoms with Crippen LogP contribution in [-0.4, -0.2) is 19.1 Å². The van der Waals surface area contributed by atoms with E-state index in [9.17, 15) is 0 Å². The largest absolute Gasteiger partial charge is 0.310 e. The number of aryl methyl sites for hydroxylation is 4. The number of allylic oxidation sites excluding steroid dienone is 1. The van der Waals surface area contributed by atoms with E-state index in [1.807, 2.05) is 6.08 Å². The Labute approximate surface area is 356 Å². The highest BCUT2D eigenvalue weighted by Gasteiger charge is 2.17. The van der Waals surface area contributed by atoms with E-state index in [4.69, 9.17) is 9.97 Å². The van der Waals surface area contributed by atoms with E-state index >= 15 is 0 Å².